The highest BCUT2D eigenvalue weighted by molar-refractivity contribution is 5.99. The highest BCUT2D eigenvalue weighted by Gasteiger charge is 2.44. The molecule has 102 valence electrons. The minimum Gasteiger partial charge on any atom is -0.468 e. The maximum Gasteiger partial charge on any atom is 0.318 e. The zero-order chi connectivity index (χ0) is 13.8. The number of hydrogen-bond acceptors (Lipinski definition) is 3. The van der Waals surface area contributed by atoms with Crippen LogP contribution in [-0.4, -0.2) is 30.4 Å². The molecule has 2 atom stereocenters. The summed E-state index contributed by atoms with van der Waals surface area (Å²) in [6, 6.07) is 9.82. The predicted molar refractivity (Wildman–Crippen MR) is 71.1 cm³/mol. The van der Waals surface area contributed by atoms with Crippen LogP contribution in [0.5, 0.6) is 0 Å². The van der Waals surface area contributed by atoms with Crippen LogP contribution in [0.25, 0.3) is 0 Å². The molecule has 0 N–H and O–H groups in total. The number of ether oxygens (including phenoxy) is 1. The van der Waals surface area contributed by atoms with Crippen molar-refractivity contribution in [2.75, 3.05) is 13.7 Å². The van der Waals surface area contributed by atoms with Crippen molar-refractivity contribution in [1.29, 1.82) is 0 Å². The third-order valence-corrected chi connectivity index (χ3v) is 3.70. The molecule has 0 bridgehead atoms. The molecule has 19 heavy (non-hydrogen) atoms. The van der Waals surface area contributed by atoms with Gasteiger partial charge in [0.25, 0.3) is 0 Å². The molecule has 1 fully saturated rings. The molecule has 1 aliphatic heterocycles. The monoisotopic (exact) mass is 261 g/mol. The molecule has 0 aliphatic carbocycles. The molecule has 1 aliphatic rings. The van der Waals surface area contributed by atoms with E-state index >= 15 is 0 Å². The molecule has 1 heterocycles. The highest BCUT2D eigenvalue weighted by Crippen LogP contribution is 2.29. The van der Waals surface area contributed by atoms with Crippen LogP contribution in [0.15, 0.2) is 30.3 Å². The lowest BCUT2D eigenvalue weighted by molar-refractivity contribution is -0.151. The lowest BCUT2D eigenvalue weighted by Gasteiger charge is -2.16. The zero-order valence-corrected chi connectivity index (χ0v) is 11.3. The second-order valence-electron chi connectivity index (χ2n) is 4.87. The van der Waals surface area contributed by atoms with E-state index in [2.05, 4.69) is 0 Å². The molecule has 1 aromatic carbocycles. The maximum atomic E-state index is 12.3. The summed E-state index contributed by atoms with van der Waals surface area (Å²) in [6.45, 7) is 3.19. The van der Waals surface area contributed by atoms with Crippen molar-refractivity contribution in [2.24, 2.45) is 11.8 Å². The lowest BCUT2D eigenvalue weighted by atomic mass is 9.93. The molecule has 0 aromatic heterocycles. The first-order valence-electron chi connectivity index (χ1n) is 6.58. The normalized spacial score (nSPS) is 22.6. The van der Waals surface area contributed by atoms with E-state index in [0.717, 1.165) is 12.0 Å². The molecule has 4 nitrogen and oxygen atoms in total. The van der Waals surface area contributed by atoms with Gasteiger partial charge in [0.15, 0.2) is 0 Å². The van der Waals surface area contributed by atoms with Crippen molar-refractivity contribution in [2.45, 2.75) is 19.9 Å². The number of benzene rings is 1. The number of hydrogen-bond donors (Lipinski definition) is 0. The Morgan fingerprint density at radius 3 is 2.63 bits per heavy atom. The van der Waals surface area contributed by atoms with Crippen molar-refractivity contribution in [3.05, 3.63) is 35.9 Å². The van der Waals surface area contributed by atoms with E-state index in [4.69, 9.17) is 4.74 Å². The standard InChI is InChI=1S/C15H19NO3/c1-3-12-10-16(9-11-7-5-4-6-8-11)14(17)13(12)15(18)19-2/h4-8,12-13H,3,9-10H2,1-2H3/t12-,13+/m0/s1. The van der Waals surface area contributed by atoms with E-state index in [9.17, 15) is 9.59 Å². The van der Waals surface area contributed by atoms with Crippen molar-refractivity contribution in [3.8, 4) is 0 Å². The van der Waals surface area contributed by atoms with Gasteiger partial charge < -0.3 is 9.64 Å². The van der Waals surface area contributed by atoms with Crippen LogP contribution in [0, 0.1) is 11.8 Å². The Morgan fingerprint density at radius 1 is 1.37 bits per heavy atom. The van der Waals surface area contributed by atoms with Gasteiger partial charge in [0.1, 0.15) is 5.92 Å². The SMILES string of the molecule is CC[C@H]1CN(Cc2ccccc2)C(=O)[C@@H]1C(=O)OC. The second kappa shape index (κ2) is 5.87. The highest BCUT2D eigenvalue weighted by atomic mass is 16.5. The Hall–Kier alpha value is -1.84. The van der Waals surface area contributed by atoms with Gasteiger partial charge in [-0.1, -0.05) is 43.7 Å². The molecule has 2 rings (SSSR count). The van der Waals surface area contributed by atoms with E-state index in [1.807, 2.05) is 37.3 Å². The lowest BCUT2D eigenvalue weighted by Crippen LogP contribution is -2.31. The van der Waals surface area contributed by atoms with Crippen molar-refractivity contribution < 1.29 is 14.3 Å². The number of esters is 1. The largest absolute Gasteiger partial charge is 0.468 e. The minimum atomic E-state index is -0.626. The Kier molecular flexibility index (Phi) is 4.20. The Morgan fingerprint density at radius 2 is 2.05 bits per heavy atom. The number of carbonyl (C=O) groups excluding carboxylic acids is 2. The summed E-state index contributed by atoms with van der Waals surface area (Å²) < 4.78 is 4.75. The van der Waals surface area contributed by atoms with Crippen LogP contribution < -0.4 is 0 Å². The number of rotatable bonds is 4. The van der Waals surface area contributed by atoms with Crippen LogP contribution in [0.3, 0.4) is 0 Å². The average molecular weight is 261 g/mol. The first-order valence-corrected chi connectivity index (χ1v) is 6.58. The Labute approximate surface area is 113 Å². The number of methoxy groups -OCH3 is 1. The van der Waals surface area contributed by atoms with Crippen LogP contribution in [0.2, 0.25) is 0 Å². The van der Waals surface area contributed by atoms with E-state index < -0.39 is 11.9 Å². The molecule has 1 amide bonds. The number of likely N-dealkylation sites (tertiary alicyclic amines) is 1. The molecule has 1 saturated heterocycles. The summed E-state index contributed by atoms with van der Waals surface area (Å²) in [6.07, 6.45) is 0.802. The van der Waals surface area contributed by atoms with Gasteiger partial charge in [-0.05, 0) is 11.5 Å². The van der Waals surface area contributed by atoms with Crippen molar-refractivity contribution in [1.82, 2.24) is 4.90 Å². The topological polar surface area (TPSA) is 46.6 Å². The minimum absolute atomic E-state index is 0.0589. The van der Waals surface area contributed by atoms with E-state index in [1.54, 1.807) is 4.90 Å². The fourth-order valence-electron chi connectivity index (χ4n) is 2.61. The Bertz CT molecular complexity index is 458. The summed E-state index contributed by atoms with van der Waals surface area (Å²) >= 11 is 0. The smallest absolute Gasteiger partial charge is 0.318 e. The van der Waals surface area contributed by atoms with Gasteiger partial charge in [0.2, 0.25) is 5.91 Å². The van der Waals surface area contributed by atoms with Gasteiger partial charge in [-0.25, -0.2) is 0 Å². The summed E-state index contributed by atoms with van der Waals surface area (Å²) in [5, 5.41) is 0. The van der Waals surface area contributed by atoms with Gasteiger partial charge in [0, 0.05) is 13.1 Å². The van der Waals surface area contributed by atoms with Crippen molar-refractivity contribution >= 4 is 11.9 Å². The molecule has 0 radical (unpaired) electrons. The summed E-state index contributed by atoms with van der Waals surface area (Å²) in [7, 11) is 1.34. The van der Waals surface area contributed by atoms with Gasteiger partial charge in [-0.3, -0.25) is 9.59 Å². The second-order valence-corrected chi connectivity index (χ2v) is 4.87. The van der Waals surface area contributed by atoms with Crippen molar-refractivity contribution in [3.63, 3.8) is 0 Å². The van der Waals surface area contributed by atoms with E-state index in [0.29, 0.717) is 13.1 Å². The van der Waals surface area contributed by atoms with E-state index in [-0.39, 0.29) is 11.8 Å². The molecular formula is C15H19NO3. The van der Waals surface area contributed by atoms with E-state index in [1.165, 1.54) is 7.11 Å². The molecule has 4 heteroatoms. The van der Waals surface area contributed by atoms with Gasteiger partial charge >= 0.3 is 5.97 Å². The number of carbonyl (C=O) groups is 2. The zero-order valence-electron chi connectivity index (χ0n) is 11.3. The summed E-state index contributed by atoms with van der Waals surface area (Å²) in [5.41, 5.74) is 1.08. The molecule has 0 saturated carbocycles. The Balaban J connectivity index is 2.12. The predicted octanol–water partition coefficient (Wildman–Crippen LogP) is 1.84. The van der Waals surface area contributed by atoms with Crippen LogP contribution in [0.1, 0.15) is 18.9 Å². The fraction of sp³-hybridized carbons (Fsp3) is 0.467. The number of amides is 1. The maximum absolute atomic E-state index is 12.3. The molecular weight excluding hydrogens is 242 g/mol. The third kappa shape index (κ3) is 2.78. The third-order valence-electron chi connectivity index (χ3n) is 3.70. The van der Waals surface area contributed by atoms with Crippen LogP contribution in [-0.2, 0) is 20.9 Å². The summed E-state index contributed by atoms with van der Waals surface area (Å²) in [4.78, 5) is 25.8. The van der Waals surface area contributed by atoms with Gasteiger partial charge in [-0.15, -0.1) is 0 Å². The van der Waals surface area contributed by atoms with Gasteiger partial charge in [-0.2, -0.15) is 0 Å². The molecule has 0 unspecified atom stereocenters. The first-order chi connectivity index (χ1) is 9.17. The number of nitrogens with zero attached hydrogens (tertiary/aromatic N) is 1. The average Bonchev–Trinajstić information content (AvgIpc) is 2.76. The van der Waals surface area contributed by atoms with Gasteiger partial charge in [0.05, 0.1) is 7.11 Å². The van der Waals surface area contributed by atoms with Crippen LogP contribution >= 0.6 is 0 Å². The molecule has 0 spiro atoms. The van der Waals surface area contributed by atoms with Crippen LogP contribution in [0.4, 0.5) is 0 Å². The quantitative estimate of drug-likeness (QED) is 0.614. The fourth-order valence-corrected chi connectivity index (χ4v) is 2.61. The summed E-state index contributed by atoms with van der Waals surface area (Å²) in [5.74, 6) is -1.09. The first kappa shape index (κ1) is 13.6. The molecule has 1 aromatic rings.